The van der Waals surface area contributed by atoms with Crippen molar-refractivity contribution in [3.8, 4) is 0 Å². The van der Waals surface area contributed by atoms with Gasteiger partial charge in [-0.2, -0.15) is 0 Å². The Bertz CT molecular complexity index is 251. The average molecular weight is 268 g/mol. The van der Waals surface area contributed by atoms with Gasteiger partial charge in [-0.15, -0.1) is 0 Å². The molecule has 1 aromatic carbocycles. The molecule has 0 saturated carbocycles. The van der Waals surface area contributed by atoms with Crippen LogP contribution in [-0.2, 0) is 6.42 Å². The first-order valence-corrected chi connectivity index (χ1v) is 5.34. The molecule has 0 aromatic heterocycles. The van der Waals surface area contributed by atoms with Crippen molar-refractivity contribution in [1.82, 2.24) is 0 Å². The molecule has 0 bridgehead atoms. The molecule has 1 unspecified atom stereocenters. The second kappa shape index (κ2) is 4.50. The highest BCUT2D eigenvalue weighted by Gasteiger charge is 2.01. The van der Waals surface area contributed by atoms with Gasteiger partial charge in [-0.05, 0) is 30.2 Å². The summed E-state index contributed by atoms with van der Waals surface area (Å²) < 4.78 is 0. The number of rotatable bonds is 2. The SMILES string of the molecule is CC(Br)Cc1cc(Cl)cc(Cl)c1. The third kappa shape index (κ3) is 3.34. The molecule has 0 amide bonds. The largest absolute Gasteiger partial charge is 0.0890 e. The Kier molecular flexibility index (Phi) is 3.88. The summed E-state index contributed by atoms with van der Waals surface area (Å²) >= 11 is 15.1. The third-order valence-corrected chi connectivity index (χ3v) is 2.20. The smallest absolute Gasteiger partial charge is 0.0423 e. The van der Waals surface area contributed by atoms with E-state index < -0.39 is 0 Å². The molecule has 0 aliphatic carbocycles. The van der Waals surface area contributed by atoms with Gasteiger partial charge in [-0.3, -0.25) is 0 Å². The highest BCUT2D eigenvalue weighted by molar-refractivity contribution is 9.09. The molecule has 0 fully saturated rings. The number of hydrogen-bond donors (Lipinski definition) is 0. The quantitative estimate of drug-likeness (QED) is 0.700. The molecule has 1 atom stereocenters. The van der Waals surface area contributed by atoms with E-state index in [1.165, 1.54) is 0 Å². The maximum atomic E-state index is 5.83. The van der Waals surface area contributed by atoms with Crippen LogP contribution >= 0.6 is 39.1 Å². The van der Waals surface area contributed by atoms with Crippen molar-refractivity contribution in [1.29, 1.82) is 0 Å². The highest BCUT2D eigenvalue weighted by atomic mass is 79.9. The van der Waals surface area contributed by atoms with Crippen molar-refractivity contribution in [3.63, 3.8) is 0 Å². The van der Waals surface area contributed by atoms with Gasteiger partial charge in [0.25, 0.3) is 0 Å². The zero-order chi connectivity index (χ0) is 9.14. The minimum absolute atomic E-state index is 0.451. The first-order valence-electron chi connectivity index (χ1n) is 3.67. The fraction of sp³-hybridized carbons (Fsp3) is 0.333. The molecule has 0 nitrogen and oxygen atoms in total. The minimum Gasteiger partial charge on any atom is -0.0890 e. The van der Waals surface area contributed by atoms with Gasteiger partial charge in [0.1, 0.15) is 0 Å². The van der Waals surface area contributed by atoms with E-state index in [-0.39, 0.29) is 0 Å². The van der Waals surface area contributed by atoms with E-state index >= 15 is 0 Å². The van der Waals surface area contributed by atoms with Gasteiger partial charge in [-0.1, -0.05) is 46.1 Å². The lowest BCUT2D eigenvalue weighted by Gasteiger charge is -2.04. The Morgan fingerprint density at radius 3 is 2.17 bits per heavy atom. The zero-order valence-corrected chi connectivity index (χ0v) is 9.75. The Labute approximate surface area is 91.0 Å². The summed E-state index contributed by atoms with van der Waals surface area (Å²) in [5.41, 5.74) is 1.16. The number of alkyl halides is 1. The monoisotopic (exact) mass is 266 g/mol. The van der Waals surface area contributed by atoms with Crippen molar-refractivity contribution in [3.05, 3.63) is 33.8 Å². The van der Waals surface area contributed by atoms with E-state index in [0.717, 1.165) is 12.0 Å². The van der Waals surface area contributed by atoms with E-state index in [9.17, 15) is 0 Å². The number of hydrogen-bond acceptors (Lipinski definition) is 0. The van der Waals surface area contributed by atoms with Crippen molar-refractivity contribution in [2.75, 3.05) is 0 Å². The fourth-order valence-electron chi connectivity index (χ4n) is 1.05. The molecular weight excluding hydrogens is 259 g/mol. The van der Waals surface area contributed by atoms with Crippen LogP contribution in [0.4, 0.5) is 0 Å². The molecule has 66 valence electrons. The number of halogens is 3. The van der Waals surface area contributed by atoms with E-state index in [4.69, 9.17) is 23.2 Å². The molecule has 1 aromatic rings. The lowest BCUT2D eigenvalue weighted by Crippen LogP contribution is -1.95. The molecule has 0 heterocycles. The molecule has 1 rings (SSSR count). The van der Waals surface area contributed by atoms with Crippen molar-refractivity contribution >= 4 is 39.1 Å². The van der Waals surface area contributed by atoms with Gasteiger partial charge in [0, 0.05) is 14.9 Å². The summed E-state index contributed by atoms with van der Waals surface area (Å²) in [6, 6.07) is 5.61. The average Bonchev–Trinajstić information content (AvgIpc) is 1.81. The van der Waals surface area contributed by atoms with Crippen LogP contribution in [0.1, 0.15) is 12.5 Å². The van der Waals surface area contributed by atoms with Crippen molar-refractivity contribution in [2.24, 2.45) is 0 Å². The lowest BCUT2D eigenvalue weighted by atomic mass is 10.1. The lowest BCUT2D eigenvalue weighted by molar-refractivity contribution is 0.960. The van der Waals surface area contributed by atoms with Gasteiger partial charge in [0.15, 0.2) is 0 Å². The Morgan fingerprint density at radius 2 is 1.75 bits per heavy atom. The fourth-order valence-corrected chi connectivity index (χ4v) is 2.00. The Morgan fingerprint density at radius 1 is 1.25 bits per heavy atom. The van der Waals surface area contributed by atoms with Gasteiger partial charge in [0.2, 0.25) is 0 Å². The molecule has 3 heteroatoms. The van der Waals surface area contributed by atoms with Crippen LogP contribution in [0.5, 0.6) is 0 Å². The topological polar surface area (TPSA) is 0 Å². The summed E-state index contributed by atoms with van der Waals surface area (Å²) in [5, 5.41) is 1.40. The van der Waals surface area contributed by atoms with E-state index in [1.54, 1.807) is 6.07 Å². The molecule has 0 saturated heterocycles. The van der Waals surface area contributed by atoms with Gasteiger partial charge < -0.3 is 0 Å². The molecule has 0 radical (unpaired) electrons. The normalized spacial score (nSPS) is 13.0. The van der Waals surface area contributed by atoms with Crippen LogP contribution in [-0.4, -0.2) is 4.83 Å². The summed E-state index contributed by atoms with van der Waals surface area (Å²) in [7, 11) is 0. The van der Waals surface area contributed by atoms with E-state index in [2.05, 4.69) is 22.9 Å². The van der Waals surface area contributed by atoms with E-state index in [1.807, 2.05) is 12.1 Å². The van der Waals surface area contributed by atoms with Gasteiger partial charge in [0.05, 0.1) is 0 Å². The first kappa shape index (κ1) is 10.4. The summed E-state index contributed by atoms with van der Waals surface area (Å²) in [4.78, 5) is 0.451. The molecule has 12 heavy (non-hydrogen) atoms. The van der Waals surface area contributed by atoms with Crippen LogP contribution < -0.4 is 0 Å². The predicted octanol–water partition coefficient (Wildman–Crippen LogP) is 4.32. The predicted molar refractivity (Wildman–Crippen MR) is 58.6 cm³/mol. The minimum atomic E-state index is 0.451. The van der Waals surface area contributed by atoms with E-state index in [0.29, 0.717) is 14.9 Å². The summed E-state index contributed by atoms with van der Waals surface area (Å²) in [6.45, 7) is 2.09. The first-order chi connectivity index (χ1) is 5.58. The summed E-state index contributed by atoms with van der Waals surface area (Å²) in [6.07, 6.45) is 0.945. The van der Waals surface area contributed by atoms with Crippen LogP contribution in [0.15, 0.2) is 18.2 Å². The second-order valence-electron chi connectivity index (χ2n) is 2.76. The van der Waals surface area contributed by atoms with Crippen LogP contribution in [0.25, 0.3) is 0 Å². The van der Waals surface area contributed by atoms with Gasteiger partial charge in [-0.25, -0.2) is 0 Å². The molecule has 0 aliphatic rings. The van der Waals surface area contributed by atoms with Crippen LogP contribution in [0.2, 0.25) is 10.0 Å². The Balaban J connectivity index is 2.85. The second-order valence-corrected chi connectivity index (χ2v) is 5.20. The van der Waals surface area contributed by atoms with Crippen LogP contribution in [0, 0.1) is 0 Å². The van der Waals surface area contributed by atoms with Crippen LogP contribution in [0.3, 0.4) is 0 Å². The number of benzene rings is 1. The molecule has 0 aliphatic heterocycles. The maximum Gasteiger partial charge on any atom is 0.0423 e. The molecule has 0 N–H and O–H groups in total. The Hall–Kier alpha value is 0.280. The van der Waals surface area contributed by atoms with Gasteiger partial charge >= 0.3 is 0 Å². The summed E-state index contributed by atoms with van der Waals surface area (Å²) in [5.74, 6) is 0. The van der Waals surface area contributed by atoms with Crippen molar-refractivity contribution < 1.29 is 0 Å². The third-order valence-electron chi connectivity index (χ3n) is 1.44. The standard InChI is InChI=1S/C9H9BrCl2/c1-6(10)2-7-3-8(11)5-9(12)4-7/h3-6H,2H2,1H3. The maximum absolute atomic E-state index is 5.83. The molecular formula is C9H9BrCl2. The highest BCUT2D eigenvalue weighted by Crippen LogP contribution is 2.21. The molecule has 0 spiro atoms. The van der Waals surface area contributed by atoms with Crippen molar-refractivity contribution in [2.45, 2.75) is 18.2 Å². The zero-order valence-electron chi connectivity index (χ0n) is 6.65.